The minimum atomic E-state index is -2.07. The van der Waals surface area contributed by atoms with Gasteiger partial charge in [0, 0.05) is 11.6 Å². The van der Waals surface area contributed by atoms with Gasteiger partial charge in [0.25, 0.3) is 0 Å². The molecule has 6 heteroatoms. The van der Waals surface area contributed by atoms with E-state index in [9.17, 15) is 15.0 Å². The van der Waals surface area contributed by atoms with Gasteiger partial charge in [-0.3, -0.25) is 0 Å². The van der Waals surface area contributed by atoms with Crippen LogP contribution in [0.4, 0.5) is 0 Å². The van der Waals surface area contributed by atoms with Crippen molar-refractivity contribution in [2.45, 2.75) is 50.4 Å². The second-order valence-electron chi connectivity index (χ2n) is 5.40. The van der Waals surface area contributed by atoms with Crippen LogP contribution in [-0.2, 0) is 9.53 Å². The number of ether oxygens (including phenoxy) is 1. The van der Waals surface area contributed by atoms with Gasteiger partial charge in [0.2, 0.25) is 5.79 Å². The maximum absolute atomic E-state index is 11.3. The zero-order valence-electron chi connectivity index (χ0n) is 11.5. The standard InChI is InChI=1S/C12H24O5Si/c1-6-10(18(3,4)5)12(16,9(14)8-13)17-11(15)7-2/h7,9-10,13-14,16H,2,6,8H2,1,3-5H3. The van der Waals surface area contributed by atoms with Crippen molar-refractivity contribution in [3.63, 3.8) is 0 Å². The molecule has 0 rings (SSSR count). The fraction of sp³-hybridized carbons (Fsp3) is 0.750. The first-order valence-corrected chi connectivity index (χ1v) is 9.57. The molecular formula is C12H24O5Si. The predicted molar refractivity (Wildman–Crippen MR) is 71.7 cm³/mol. The van der Waals surface area contributed by atoms with Crippen molar-refractivity contribution in [1.29, 1.82) is 0 Å². The molecule has 0 aliphatic carbocycles. The summed E-state index contributed by atoms with van der Waals surface area (Å²) in [6.07, 6.45) is -0.0715. The largest absolute Gasteiger partial charge is 0.427 e. The minimum absolute atomic E-state index is 0.393. The summed E-state index contributed by atoms with van der Waals surface area (Å²) in [6.45, 7) is 10.4. The summed E-state index contributed by atoms with van der Waals surface area (Å²) >= 11 is 0. The second-order valence-corrected chi connectivity index (χ2v) is 10.8. The average molecular weight is 276 g/mol. The SMILES string of the molecule is C=CC(=O)OC(O)(C(O)CO)C(CC)[Si](C)(C)C. The van der Waals surface area contributed by atoms with Gasteiger partial charge in [-0.1, -0.05) is 33.1 Å². The average Bonchev–Trinajstić information content (AvgIpc) is 2.26. The van der Waals surface area contributed by atoms with Crippen molar-refractivity contribution in [2.24, 2.45) is 0 Å². The van der Waals surface area contributed by atoms with Gasteiger partial charge in [-0.25, -0.2) is 4.79 Å². The number of carbonyl (C=O) groups excluding carboxylic acids is 1. The molecule has 3 unspecified atom stereocenters. The van der Waals surface area contributed by atoms with Gasteiger partial charge in [-0.15, -0.1) is 0 Å². The molecule has 0 saturated carbocycles. The normalized spacial score (nSPS) is 18.6. The summed E-state index contributed by atoms with van der Waals surface area (Å²) in [5.41, 5.74) is -0.393. The third-order valence-electron chi connectivity index (χ3n) is 3.03. The van der Waals surface area contributed by atoms with Crippen LogP contribution in [0, 0.1) is 0 Å². The Hall–Kier alpha value is -0.693. The van der Waals surface area contributed by atoms with E-state index in [4.69, 9.17) is 9.84 Å². The molecule has 106 valence electrons. The molecule has 0 radical (unpaired) electrons. The molecule has 0 heterocycles. The summed E-state index contributed by atoms with van der Waals surface area (Å²) in [6, 6.07) is 0. The third-order valence-corrected chi connectivity index (χ3v) is 5.95. The Bertz CT molecular complexity index is 299. The number of rotatable bonds is 7. The summed E-state index contributed by atoms with van der Waals surface area (Å²) in [5, 5.41) is 29.4. The van der Waals surface area contributed by atoms with Crippen molar-refractivity contribution < 1.29 is 24.9 Å². The summed E-state index contributed by atoms with van der Waals surface area (Å²) in [5.74, 6) is -2.89. The molecular weight excluding hydrogens is 252 g/mol. The van der Waals surface area contributed by atoms with Gasteiger partial charge in [0.05, 0.1) is 14.7 Å². The van der Waals surface area contributed by atoms with Gasteiger partial charge < -0.3 is 20.1 Å². The molecule has 0 saturated heterocycles. The predicted octanol–water partition coefficient (Wildman–Crippen LogP) is 0.876. The molecule has 3 N–H and O–H groups in total. The van der Waals surface area contributed by atoms with E-state index in [-0.39, 0.29) is 0 Å². The van der Waals surface area contributed by atoms with E-state index in [1.54, 1.807) is 0 Å². The highest BCUT2D eigenvalue weighted by Gasteiger charge is 2.51. The van der Waals surface area contributed by atoms with Crippen molar-refractivity contribution in [2.75, 3.05) is 6.61 Å². The Labute approximate surface area is 109 Å². The van der Waals surface area contributed by atoms with Gasteiger partial charge in [-0.2, -0.15) is 0 Å². The summed E-state index contributed by atoms with van der Waals surface area (Å²) in [7, 11) is -1.91. The lowest BCUT2D eigenvalue weighted by Crippen LogP contribution is -2.57. The van der Waals surface area contributed by atoms with E-state index in [1.807, 2.05) is 26.6 Å². The molecule has 0 aliphatic rings. The lowest BCUT2D eigenvalue weighted by atomic mass is 10.0. The number of aliphatic hydroxyl groups excluding tert-OH is 2. The maximum atomic E-state index is 11.3. The molecule has 0 bridgehead atoms. The van der Waals surface area contributed by atoms with Crippen LogP contribution in [0.3, 0.4) is 0 Å². The molecule has 0 aromatic rings. The first-order valence-electron chi connectivity index (χ1n) is 6.00. The Morgan fingerprint density at radius 3 is 2.28 bits per heavy atom. The van der Waals surface area contributed by atoms with Crippen LogP contribution in [0.15, 0.2) is 12.7 Å². The number of carbonyl (C=O) groups is 1. The molecule has 3 atom stereocenters. The van der Waals surface area contributed by atoms with Crippen LogP contribution < -0.4 is 0 Å². The Morgan fingerprint density at radius 1 is 1.50 bits per heavy atom. The van der Waals surface area contributed by atoms with Crippen molar-refractivity contribution >= 4 is 14.0 Å². The minimum Gasteiger partial charge on any atom is -0.427 e. The van der Waals surface area contributed by atoms with E-state index in [0.717, 1.165) is 6.08 Å². The summed E-state index contributed by atoms with van der Waals surface area (Å²) < 4.78 is 4.94. The topological polar surface area (TPSA) is 87.0 Å². The van der Waals surface area contributed by atoms with Crippen LogP contribution in [0.1, 0.15) is 13.3 Å². The highest BCUT2D eigenvalue weighted by molar-refractivity contribution is 6.77. The van der Waals surface area contributed by atoms with E-state index < -0.39 is 38.1 Å². The molecule has 5 nitrogen and oxygen atoms in total. The number of hydrogen-bond acceptors (Lipinski definition) is 5. The maximum Gasteiger partial charge on any atom is 0.332 e. The van der Waals surface area contributed by atoms with Crippen LogP contribution >= 0.6 is 0 Å². The van der Waals surface area contributed by atoms with Gasteiger partial charge >= 0.3 is 5.97 Å². The molecule has 0 spiro atoms. The molecule has 0 aromatic carbocycles. The Kier molecular flexibility index (Phi) is 6.22. The number of esters is 1. The smallest absolute Gasteiger partial charge is 0.332 e. The highest BCUT2D eigenvalue weighted by atomic mass is 28.3. The van der Waals surface area contributed by atoms with E-state index in [2.05, 4.69) is 6.58 Å². The highest BCUT2D eigenvalue weighted by Crippen LogP contribution is 2.39. The molecule has 0 fully saturated rings. The fourth-order valence-electron chi connectivity index (χ4n) is 2.23. The zero-order valence-corrected chi connectivity index (χ0v) is 12.5. The zero-order chi connectivity index (χ0) is 14.6. The van der Waals surface area contributed by atoms with Crippen molar-refractivity contribution in [1.82, 2.24) is 0 Å². The fourth-order valence-corrected chi connectivity index (χ4v) is 4.95. The van der Waals surface area contributed by atoms with E-state index in [1.165, 1.54) is 0 Å². The van der Waals surface area contributed by atoms with Crippen LogP contribution in [-0.4, -0.2) is 47.9 Å². The third kappa shape index (κ3) is 3.91. The quantitative estimate of drug-likeness (QED) is 0.278. The number of hydrogen-bond donors (Lipinski definition) is 3. The van der Waals surface area contributed by atoms with Gasteiger partial charge in [-0.05, 0) is 6.42 Å². The van der Waals surface area contributed by atoms with Gasteiger partial charge in [0.15, 0.2) is 0 Å². The molecule has 0 aromatic heterocycles. The second kappa shape index (κ2) is 6.47. The number of aliphatic hydroxyl groups is 3. The van der Waals surface area contributed by atoms with Crippen LogP contribution in [0.5, 0.6) is 0 Å². The van der Waals surface area contributed by atoms with Crippen LogP contribution in [0.25, 0.3) is 0 Å². The lowest BCUT2D eigenvalue weighted by Gasteiger charge is -2.43. The van der Waals surface area contributed by atoms with E-state index in [0.29, 0.717) is 6.42 Å². The molecule has 0 aliphatic heterocycles. The monoisotopic (exact) mass is 276 g/mol. The first kappa shape index (κ1) is 17.3. The summed E-state index contributed by atoms with van der Waals surface area (Å²) in [4.78, 5) is 11.3. The van der Waals surface area contributed by atoms with Crippen molar-refractivity contribution in [3.05, 3.63) is 12.7 Å². The Morgan fingerprint density at radius 2 is 2.00 bits per heavy atom. The van der Waals surface area contributed by atoms with E-state index >= 15 is 0 Å². The van der Waals surface area contributed by atoms with Crippen molar-refractivity contribution in [3.8, 4) is 0 Å². The lowest BCUT2D eigenvalue weighted by molar-refractivity contribution is -0.252. The van der Waals surface area contributed by atoms with Crippen LogP contribution in [0.2, 0.25) is 25.2 Å². The molecule has 0 amide bonds. The Balaban J connectivity index is 5.43. The first-order chi connectivity index (χ1) is 8.13. The van der Waals surface area contributed by atoms with Gasteiger partial charge in [0.1, 0.15) is 6.10 Å². The molecule has 18 heavy (non-hydrogen) atoms.